The predicted molar refractivity (Wildman–Crippen MR) is 193 cm³/mol. The first kappa shape index (κ1) is 35.9. The van der Waals surface area contributed by atoms with Gasteiger partial charge in [0, 0.05) is 41.8 Å². The molecule has 0 bridgehead atoms. The van der Waals surface area contributed by atoms with E-state index < -0.39 is 40.0 Å². The molecule has 0 atom stereocenters. The van der Waals surface area contributed by atoms with E-state index in [0.29, 0.717) is 37.6 Å². The number of nitriles is 2. The van der Waals surface area contributed by atoms with Gasteiger partial charge in [-0.05, 0) is 69.8 Å². The van der Waals surface area contributed by atoms with E-state index in [1.54, 1.807) is 36.4 Å². The average molecular weight is 755 g/mol. The van der Waals surface area contributed by atoms with Crippen molar-refractivity contribution in [3.63, 3.8) is 0 Å². The summed E-state index contributed by atoms with van der Waals surface area (Å²) < 4.78 is 97.5. The molecule has 12 heteroatoms. The molecule has 2 N–H and O–H groups in total. The zero-order chi connectivity index (χ0) is 37.7. The summed E-state index contributed by atoms with van der Waals surface area (Å²) in [6, 6.07) is 30.6. The molecule has 0 unspecified atom stereocenters. The van der Waals surface area contributed by atoms with Crippen LogP contribution in [0.1, 0.15) is 33.4 Å². The summed E-state index contributed by atoms with van der Waals surface area (Å²) in [5.74, 6) is -16.6. The van der Waals surface area contributed by atoms with Crippen molar-refractivity contribution in [3.05, 3.63) is 143 Å². The number of aliphatic hydroxyl groups excluding tert-OH is 2. The predicted octanol–water partition coefficient (Wildman–Crippen LogP) is 11.0. The third kappa shape index (κ3) is 5.94. The van der Waals surface area contributed by atoms with Gasteiger partial charge in [-0.25, -0.2) is 0 Å². The maximum Gasteiger partial charge on any atom is 0.380 e. The molecule has 4 aromatic carbocycles. The van der Waals surface area contributed by atoms with Crippen LogP contribution in [0.2, 0.25) is 0 Å². The van der Waals surface area contributed by atoms with Gasteiger partial charge in [-0.1, -0.05) is 72.8 Å². The van der Waals surface area contributed by atoms with Crippen LogP contribution >= 0.6 is 22.7 Å². The monoisotopic (exact) mass is 754 g/mol. The van der Waals surface area contributed by atoms with E-state index >= 15 is 26.3 Å². The fraction of sp³-hybridized carbons (Fsp3) is 0.122. The first-order chi connectivity index (χ1) is 25.3. The molecule has 7 rings (SSSR count). The van der Waals surface area contributed by atoms with Crippen LogP contribution in [0.5, 0.6) is 0 Å². The minimum Gasteiger partial charge on any atom is -0.392 e. The van der Waals surface area contributed by atoms with Gasteiger partial charge in [-0.3, -0.25) is 0 Å². The Balaban J connectivity index is 1.56. The van der Waals surface area contributed by atoms with E-state index in [0.717, 1.165) is 22.7 Å². The van der Waals surface area contributed by atoms with Gasteiger partial charge < -0.3 is 10.2 Å². The Morgan fingerprint density at radius 2 is 0.811 bits per heavy atom. The lowest BCUT2D eigenvalue weighted by molar-refractivity contribution is -0.254. The van der Waals surface area contributed by atoms with E-state index in [-0.39, 0.29) is 39.7 Å². The van der Waals surface area contributed by atoms with Crippen LogP contribution in [0.25, 0.3) is 52.9 Å². The average Bonchev–Trinajstić information content (AvgIpc) is 3.84. The molecule has 2 heterocycles. The largest absolute Gasteiger partial charge is 0.392 e. The Bertz CT molecular complexity index is 2450. The number of halogens is 6. The number of hydrogen-bond acceptors (Lipinski definition) is 6. The number of nitrogens with zero attached hydrogens (tertiary/aromatic N) is 2. The highest BCUT2D eigenvalue weighted by Crippen LogP contribution is 2.67. The van der Waals surface area contributed by atoms with E-state index in [9.17, 15) is 20.7 Å². The van der Waals surface area contributed by atoms with Crippen LogP contribution < -0.4 is 0 Å². The minimum atomic E-state index is -5.84. The van der Waals surface area contributed by atoms with Gasteiger partial charge >= 0.3 is 17.8 Å². The quantitative estimate of drug-likeness (QED) is 0.151. The Labute approximate surface area is 307 Å². The molecule has 264 valence electrons. The maximum atomic E-state index is 16.5. The lowest BCUT2D eigenvalue weighted by Gasteiger charge is -2.26. The van der Waals surface area contributed by atoms with Gasteiger partial charge in [-0.2, -0.15) is 36.9 Å². The van der Waals surface area contributed by atoms with Crippen molar-refractivity contribution in [1.82, 2.24) is 0 Å². The van der Waals surface area contributed by atoms with Crippen LogP contribution in [0.15, 0.2) is 109 Å². The molecular weight excluding hydrogens is 731 g/mol. The summed E-state index contributed by atoms with van der Waals surface area (Å²) in [5.41, 5.74) is -1.09. The standard InChI is InChI=1S/C41H24F6N2O2S2/c42-39(43)35(31-18-34(28-11-5-25(21-50)6-12-28)53-37(31)29-13-3-24(20-49)4-14-29)36(40(44,45)41(39,46)47)32-17-33(27-9-1-23(19-48)2-10-27)52-38(32)30-15-7-26(22-51)8-16-30/h1-18,50-51H,21-22H2. The van der Waals surface area contributed by atoms with Crippen molar-refractivity contribution in [2.24, 2.45) is 0 Å². The molecule has 0 spiro atoms. The molecule has 53 heavy (non-hydrogen) atoms. The van der Waals surface area contributed by atoms with Gasteiger partial charge in [0.25, 0.3) is 0 Å². The van der Waals surface area contributed by atoms with Crippen LogP contribution in [0.3, 0.4) is 0 Å². The summed E-state index contributed by atoms with van der Waals surface area (Å²) in [5, 5.41) is 37.8. The summed E-state index contributed by atoms with van der Waals surface area (Å²) in [6.07, 6.45) is 0. The molecular formula is C41H24F6N2O2S2. The second kappa shape index (κ2) is 13.5. The number of rotatable bonds is 8. The van der Waals surface area contributed by atoms with Crippen molar-refractivity contribution >= 4 is 33.8 Å². The Morgan fingerprint density at radius 1 is 0.491 bits per heavy atom. The normalized spacial score (nSPS) is 15.7. The first-order valence-electron chi connectivity index (χ1n) is 15.9. The summed E-state index contributed by atoms with van der Waals surface area (Å²) in [6.45, 7) is -0.601. The van der Waals surface area contributed by atoms with E-state index in [4.69, 9.17) is 0 Å². The van der Waals surface area contributed by atoms with Gasteiger partial charge in [0.05, 0.1) is 36.5 Å². The minimum absolute atomic E-state index is 0.00722. The number of alkyl halides is 6. The fourth-order valence-corrected chi connectivity index (χ4v) is 8.59. The van der Waals surface area contributed by atoms with Crippen LogP contribution in [0.4, 0.5) is 26.3 Å². The van der Waals surface area contributed by atoms with E-state index in [2.05, 4.69) is 0 Å². The second-order valence-corrected chi connectivity index (χ2v) is 14.4. The van der Waals surface area contributed by atoms with E-state index in [1.807, 2.05) is 12.1 Å². The lowest BCUT2D eigenvalue weighted by atomic mass is 9.91. The third-order valence-corrected chi connectivity index (χ3v) is 11.5. The molecule has 1 aliphatic carbocycles. The van der Waals surface area contributed by atoms with E-state index in [1.165, 1.54) is 72.8 Å². The van der Waals surface area contributed by atoms with Crippen LogP contribution in [0, 0.1) is 22.7 Å². The smallest absolute Gasteiger partial charge is 0.380 e. The van der Waals surface area contributed by atoms with Crippen LogP contribution in [-0.2, 0) is 13.2 Å². The van der Waals surface area contributed by atoms with Gasteiger partial charge in [0.15, 0.2) is 0 Å². The van der Waals surface area contributed by atoms with Crippen molar-refractivity contribution in [3.8, 4) is 53.9 Å². The summed E-state index contributed by atoms with van der Waals surface area (Å²) >= 11 is 1.87. The zero-order valence-electron chi connectivity index (χ0n) is 27.2. The lowest BCUT2D eigenvalue weighted by Crippen LogP contribution is -2.48. The fourth-order valence-electron chi connectivity index (χ4n) is 6.24. The summed E-state index contributed by atoms with van der Waals surface area (Å²) in [7, 11) is 0. The SMILES string of the molecule is N#Cc1ccc(-c2cc(C3=C(c4cc(-c5ccc(CO)cc5)sc4-c4ccc(C#N)cc4)C(F)(F)C(F)(F)C3(F)F)c(-c3ccc(CO)cc3)s2)cc1. The number of allylic oxidation sites excluding steroid dienone is 2. The highest BCUT2D eigenvalue weighted by atomic mass is 32.1. The van der Waals surface area contributed by atoms with Crippen molar-refractivity contribution < 1.29 is 36.6 Å². The molecule has 0 amide bonds. The highest BCUT2D eigenvalue weighted by molar-refractivity contribution is 7.19. The third-order valence-electron chi connectivity index (χ3n) is 9.06. The van der Waals surface area contributed by atoms with Crippen LogP contribution in [-0.4, -0.2) is 28.0 Å². The van der Waals surface area contributed by atoms with Gasteiger partial charge in [0.2, 0.25) is 0 Å². The number of thiophene rings is 2. The number of hydrogen-bond donors (Lipinski definition) is 2. The molecule has 2 aromatic heterocycles. The highest BCUT2D eigenvalue weighted by Gasteiger charge is 2.80. The Hall–Kier alpha value is -5.50. The van der Waals surface area contributed by atoms with Gasteiger partial charge in [0.1, 0.15) is 0 Å². The van der Waals surface area contributed by atoms with Gasteiger partial charge in [-0.15, -0.1) is 22.7 Å². The molecule has 0 fully saturated rings. The number of aliphatic hydroxyl groups is 2. The second-order valence-electron chi connectivity index (χ2n) is 12.3. The molecule has 0 radical (unpaired) electrons. The molecule has 0 aliphatic heterocycles. The van der Waals surface area contributed by atoms with Crippen molar-refractivity contribution in [2.45, 2.75) is 31.0 Å². The Kier molecular flexibility index (Phi) is 9.13. The molecule has 1 aliphatic rings. The molecule has 6 aromatic rings. The topological polar surface area (TPSA) is 88.0 Å². The summed E-state index contributed by atoms with van der Waals surface area (Å²) in [4.78, 5) is 0.639. The zero-order valence-corrected chi connectivity index (χ0v) is 28.8. The van der Waals surface area contributed by atoms with Crippen molar-refractivity contribution in [2.75, 3.05) is 0 Å². The molecule has 0 saturated carbocycles. The van der Waals surface area contributed by atoms with Crippen molar-refractivity contribution in [1.29, 1.82) is 10.5 Å². The molecule has 0 saturated heterocycles. The Morgan fingerprint density at radius 3 is 1.15 bits per heavy atom. The molecule has 4 nitrogen and oxygen atoms in total. The first-order valence-corrected chi connectivity index (χ1v) is 17.6. The maximum absolute atomic E-state index is 16.5. The number of benzene rings is 4.